The number of esters is 2. The molecule has 2 saturated heterocycles. The molecule has 4 rings (SSSR count). The minimum absolute atomic E-state index is 0.143. The van der Waals surface area contributed by atoms with E-state index in [0.717, 1.165) is 46.2 Å². The highest BCUT2D eigenvalue weighted by Gasteiger charge is 2.48. The van der Waals surface area contributed by atoms with Crippen LogP contribution in [0.1, 0.15) is 128 Å². The summed E-state index contributed by atoms with van der Waals surface area (Å²) in [4.78, 5) is 25.4. The molecule has 55 heavy (non-hydrogen) atoms. The summed E-state index contributed by atoms with van der Waals surface area (Å²) in [6.07, 6.45) is 2.34. The summed E-state index contributed by atoms with van der Waals surface area (Å²) in [6.45, 7) is 25.9. The number of rotatable bonds is 14. The molecule has 10 heteroatoms. The molecule has 0 bridgehead atoms. The molecule has 2 aromatic carbocycles. The summed E-state index contributed by atoms with van der Waals surface area (Å²) in [5.41, 5.74) is 3.65. The van der Waals surface area contributed by atoms with Crippen molar-refractivity contribution in [2.24, 2.45) is 16.2 Å². The summed E-state index contributed by atoms with van der Waals surface area (Å²) >= 11 is 0. The predicted octanol–water partition coefficient (Wildman–Crippen LogP) is 8.53. The average Bonchev–Trinajstić information content (AvgIpc) is 3.09. The number of hydrogen-bond donors (Lipinski definition) is 2. The first kappa shape index (κ1) is 44.5. The van der Waals surface area contributed by atoms with E-state index < -0.39 is 28.8 Å². The zero-order valence-electron chi connectivity index (χ0n) is 35.6. The lowest BCUT2D eigenvalue weighted by atomic mass is 9.83. The number of carbonyl (C=O) groups excluding carboxylic acids is 2. The summed E-state index contributed by atoms with van der Waals surface area (Å²) < 4.78 is 36.1. The van der Waals surface area contributed by atoms with Crippen LogP contribution in [0.3, 0.4) is 0 Å². The van der Waals surface area contributed by atoms with Gasteiger partial charge in [0, 0.05) is 23.7 Å². The van der Waals surface area contributed by atoms with E-state index in [9.17, 15) is 19.8 Å². The maximum Gasteiger partial charge on any atom is 0.306 e. The topological polar surface area (TPSA) is 130 Å². The largest absolute Gasteiger partial charge is 0.507 e. The zero-order chi connectivity index (χ0) is 41.0. The van der Waals surface area contributed by atoms with E-state index in [1.807, 2.05) is 59.7 Å². The van der Waals surface area contributed by atoms with E-state index in [1.165, 1.54) is 0 Å². The summed E-state index contributed by atoms with van der Waals surface area (Å²) in [6, 6.07) is 8.00. The lowest BCUT2D eigenvalue weighted by molar-refractivity contribution is -0.337. The molecule has 0 atom stereocenters. The molecule has 2 aliphatic heterocycles. The fraction of sp³-hybridized carbons (Fsp3) is 0.689. The van der Waals surface area contributed by atoms with Crippen LogP contribution >= 0.6 is 0 Å². The number of hydrogen-bond acceptors (Lipinski definition) is 10. The van der Waals surface area contributed by atoms with Gasteiger partial charge in [0.25, 0.3) is 0 Å². The van der Waals surface area contributed by atoms with Gasteiger partial charge < -0.3 is 38.6 Å². The van der Waals surface area contributed by atoms with Gasteiger partial charge in [0.15, 0.2) is 12.6 Å². The summed E-state index contributed by atoms with van der Waals surface area (Å²) in [5.74, 6) is 0.123. The Bertz CT molecular complexity index is 1630. The van der Waals surface area contributed by atoms with Crippen molar-refractivity contribution in [2.75, 3.05) is 39.6 Å². The van der Waals surface area contributed by atoms with E-state index in [4.69, 9.17) is 28.4 Å². The second-order valence-electron chi connectivity index (χ2n) is 19.5. The van der Waals surface area contributed by atoms with E-state index in [1.54, 1.807) is 0 Å². The fourth-order valence-electron chi connectivity index (χ4n) is 7.06. The number of benzene rings is 2. The number of aromatic hydroxyl groups is 2. The maximum absolute atomic E-state index is 12.8. The monoisotopic (exact) mass is 768 g/mol. The van der Waals surface area contributed by atoms with Gasteiger partial charge in [-0.2, -0.15) is 0 Å². The van der Waals surface area contributed by atoms with Crippen molar-refractivity contribution in [2.45, 2.75) is 145 Å². The normalized spacial score (nSPS) is 21.1. The molecule has 0 radical (unpaired) electrons. The fourth-order valence-corrected chi connectivity index (χ4v) is 7.06. The van der Waals surface area contributed by atoms with Crippen LogP contribution in [-0.2, 0) is 61.7 Å². The van der Waals surface area contributed by atoms with Crippen molar-refractivity contribution in [1.29, 1.82) is 0 Å². The average molecular weight is 769 g/mol. The van der Waals surface area contributed by atoms with Crippen LogP contribution < -0.4 is 0 Å². The van der Waals surface area contributed by atoms with Crippen LogP contribution in [0.2, 0.25) is 0 Å². The van der Waals surface area contributed by atoms with Gasteiger partial charge in [-0.05, 0) is 83.7 Å². The molecule has 308 valence electrons. The van der Waals surface area contributed by atoms with Crippen molar-refractivity contribution >= 4 is 11.9 Å². The standard InChI is InChI=1S/C45H68O10/c1-29-19-31(21-33(37(29)48)41(3,4)5)15-13-14-16-35(46)50-23-43(9,10)39-52-25-45(26-53-39)27-54-40(55-28-45)44(11,12)24-51-36(47)18-17-32-20-30(2)38(49)34(22-32)42(6,7)8/h19-22,39-40,48-49H,13-18,23-28H2,1-12H3. The van der Waals surface area contributed by atoms with Gasteiger partial charge in [0.2, 0.25) is 0 Å². The second-order valence-corrected chi connectivity index (χ2v) is 19.5. The van der Waals surface area contributed by atoms with Crippen molar-refractivity contribution in [3.63, 3.8) is 0 Å². The number of aryl methyl sites for hydroxylation is 4. The first-order valence-corrected chi connectivity index (χ1v) is 19.9. The Morgan fingerprint density at radius 2 is 1.00 bits per heavy atom. The lowest BCUT2D eigenvalue weighted by Crippen LogP contribution is -2.57. The van der Waals surface area contributed by atoms with E-state index in [-0.39, 0.29) is 42.4 Å². The molecule has 1 spiro atoms. The Hall–Kier alpha value is -3.18. The Morgan fingerprint density at radius 3 is 1.40 bits per heavy atom. The number of unbranched alkanes of at least 4 members (excludes halogenated alkanes) is 1. The van der Waals surface area contributed by atoms with Crippen molar-refractivity contribution in [3.8, 4) is 11.5 Å². The number of phenolic OH excluding ortho intramolecular Hbond substituents is 2. The highest BCUT2D eigenvalue weighted by atomic mass is 16.7. The Balaban J connectivity index is 1.15. The Labute approximate surface area is 329 Å². The highest BCUT2D eigenvalue weighted by molar-refractivity contribution is 5.70. The molecular formula is C45H68O10. The third kappa shape index (κ3) is 11.9. The van der Waals surface area contributed by atoms with Crippen LogP contribution in [0, 0.1) is 30.1 Å². The molecule has 0 amide bonds. The van der Waals surface area contributed by atoms with Gasteiger partial charge in [-0.3, -0.25) is 9.59 Å². The van der Waals surface area contributed by atoms with Gasteiger partial charge in [0.1, 0.15) is 24.7 Å². The zero-order valence-corrected chi connectivity index (χ0v) is 35.6. The van der Waals surface area contributed by atoms with Crippen LogP contribution in [0.15, 0.2) is 24.3 Å². The van der Waals surface area contributed by atoms with Crippen LogP contribution in [0.25, 0.3) is 0 Å². The molecule has 2 aromatic rings. The molecule has 2 heterocycles. The van der Waals surface area contributed by atoms with Gasteiger partial charge in [-0.15, -0.1) is 0 Å². The van der Waals surface area contributed by atoms with Crippen molar-refractivity contribution in [3.05, 3.63) is 57.6 Å². The summed E-state index contributed by atoms with van der Waals surface area (Å²) in [7, 11) is 0. The van der Waals surface area contributed by atoms with Gasteiger partial charge >= 0.3 is 11.9 Å². The lowest BCUT2D eigenvalue weighted by Gasteiger charge is -2.48. The number of carbonyl (C=O) groups is 2. The third-order valence-corrected chi connectivity index (χ3v) is 10.7. The molecule has 0 aliphatic carbocycles. The van der Waals surface area contributed by atoms with E-state index in [0.29, 0.717) is 57.2 Å². The first-order valence-electron chi connectivity index (χ1n) is 19.9. The van der Waals surface area contributed by atoms with Gasteiger partial charge in [0.05, 0.1) is 31.8 Å². The smallest absolute Gasteiger partial charge is 0.306 e. The van der Waals surface area contributed by atoms with Crippen LogP contribution in [0.5, 0.6) is 11.5 Å². The molecule has 0 saturated carbocycles. The maximum atomic E-state index is 12.8. The minimum atomic E-state index is -0.586. The first-order chi connectivity index (χ1) is 25.4. The summed E-state index contributed by atoms with van der Waals surface area (Å²) in [5, 5.41) is 21.0. The second kappa shape index (κ2) is 17.5. The minimum Gasteiger partial charge on any atom is -0.507 e. The molecule has 2 fully saturated rings. The van der Waals surface area contributed by atoms with E-state index >= 15 is 0 Å². The van der Waals surface area contributed by atoms with Gasteiger partial charge in [-0.1, -0.05) is 93.5 Å². The molecule has 10 nitrogen and oxygen atoms in total. The Kier molecular flexibility index (Phi) is 14.2. The van der Waals surface area contributed by atoms with Crippen LogP contribution in [0.4, 0.5) is 0 Å². The highest BCUT2D eigenvalue weighted by Crippen LogP contribution is 2.39. The molecule has 2 N–H and O–H groups in total. The third-order valence-electron chi connectivity index (χ3n) is 10.7. The van der Waals surface area contributed by atoms with Gasteiger partial charge in [-0.25, -0.2) is 0 Å². The van der Waals surface area contributed by atoms with Crippen molar-refractivity contribution in [1.82, 2.24) is 0 Å². The molecule has 2 aliphatic rings. The van der Waals surface area contributed by atoms with Crippen molar-refractivity contribution < 1.29 is 48.2 Å². The quantitative estimate of drug-likeness (QED) is 0.143. The van der Waals surface area contributed by atoms with E-state index in [2.05, 4.69) is 47.6 Å². The molecule has 0 unspecified atom stereocenters. The molecular weight excluding hydrogens is 700 g/mol. The van der Waals surface area contributed by atoms with Crippen LogP contribution in [-0.4, -0.2) is 74.4 Å². The number of phenols is 2. The predicted molar refractivity (Wildman–Crippen MR) is 212 cm³/mol. The molecule has 0 aromatic heterocycles. The SMILES string of the molecule is Cc1cc(CCCCC(=O)OCC(C)(C)C2OCC3(CO2)COC(C(C)(C)COC(=O)CCc2cc(C)c(O)c(C(C)(C)C)c2)OC3)cc(C(C)(C)C)c1O. The Morgan fingerprint density at radius 1 is 0.618 bits per heavy atom. The number of ether oxygens (including phenoxy) is 6.